The Bertz CT molecular complexity index is 676. The van der Waals surface area contributed by atoms with E-state index in [1.54, 1.807) is 6.08 Å². The van der Waals surface area contributed by atoms with Gasteiger partial charge in [-0.1, -0.05) is 44.8 Å². The lowest BCUT2D eigenvalue weighted by molar-refractivity contribution is -0.122. The van der Waals surface area contributed by atoms with Crippen LogP contribution in [0.3, 0.4) is 0 Å². The van der Waals surface area contributed by atoms with Crippen LogP contribution < -0.4 is 5.32 Å². The first-order valence-corrected chi connectivity index (χ1v) is 10.1. The third kappa shape index (κ3) is 4.40. The van der Waals surface area contributed by atoms with E-state index in [4.69, 9.17) is 0 Å². The van der Waals surface area contributed by atoms with Gasteiger partial charge in [-0.25, -0.2) is 4.99 Å². The summed E-state index contributed by atoms with van der Waals surface area (Å²) >= 11 is 0. The van der Waals surface area contributed by atoms with E-state index in [0.717, 1.165) is 49.3 Å². The molecule has 2 amide bonds. The molecule has 1 fully saturated rings. The fourth-order valence-corrected chi connectivity index (χ4v) is 4.27. The molecule has 3 aliphatic rings. The van der Waals surface area contributed by atoms with Crippen molar-refractivity contribution in [2.24, 2.45) is 22.7 Å². The Kier molecular flexibility index (Phi) is 6.23. The van der Waals surface area contributed by atoms with Crippen LogP contribution in [0.5, 0.6) is 0 Å². The third-order valence-corrected chi connectivity index (χ3v) is 5.89. The number of unbranched alkanes of at least 4 members (excludes halogenated alkanes) is 1. The molecule has 0 aromatic heterocycles. The molecule has 0 saturated heterocycles. The van der Waals surface area contributed by atoms with Crippen molar-refractivity contribution in [3.05, 3.63) is 35.6 Å². The average molecular weight is 354 g/mol. The average Bonchev–Trinajstić information content (AvgIpc) is 2.65. The van der Waals surface area contributed by atoms with Crippen LogP contribution in [-0.2, 0) is 9.59 Å². The molecule has 1 atom stereocenters. The van der Waals surface area contributed by atoms with Crippen LogP contribution in [0.2, 0.25) is 0 Å². The zero-order valence-corrected chi connectivity index (χ0v) is 16.0. The van der Waals surface area contributed by atoms with Gasteiger partial charge in [0, 0.05) is 23.6 Å². The van der Waals surface area contributed by atoms with E-state index in [1.165, 1.54) is 19.3 Å². The molecule has 1 saturated carbocycles. The van der Waals surface area contributed by atoms with Gasteiger partial charge in [0.15, 0.2) is 0 Å². The second-order valence-electron chi connectivity index (χ2n) is 7.73. The van der Waals surface area contributed by atoms with Gasteiger partial charge < -0.3 is 5.32 Å². The maximum absolute atomic E-state index is 12.6. The molecule has 4 nitrogen and oxygen atoms in total. The van der Waals surface area contributed by atoms with E-state index in [2.05, 4.69) is 24.2 Å². The second kappa shape index (κ2) is 8.61. The van der Waals surface area contributed by atoms with Crippen LogP contribution in [0.15, 0.2) is 40.6 Å². The van der Waals surface area contributed by atoms with Crippen LogP contribution in [0.4, 0.5) is 0 Å². The first kappa shape index (κ1) is 18.8. The lowest BCUT2D eigenvalue weighted by atomic mass is 9.79. The number of nitrogens with one attached hydrogen (secondary N) is 1. The number of nitrogens with zero attached hydrogens (tertiary/aromatic N) is 1. The molecule has 0 bridgehead atoms. The van der Waals surface area contributed by atoms with Crippen molar-refractivity contribution < 1.29 is 9.59 Å². The van der Waals surface area contributed by atoms with Crippen LogP contribution in [-0.4, -0.2) is 17.5 Å². The molecule has 1 heterocycles. The lowest BCUT2D eigenvalue weighted by Crippen LogP contribution is -2.33. The molecule has 2 aliphatic carbocycles. The molecule has 0 aromatic rings. The number of fused-ring (bicyclic) bond motifs is 1. The van der Waals surface area contributed by atoms with Crippen LogP contribution >= 0.6 is 0 Å². The Balaban J connectivity index is 1.62. The van der Waals surface area contributed by atoms with E-state index in [-0.39, 0.29) is 23.7 Å². The molecule has 0 spiro atoms. The zero-order chi connectivity index (χ0) is 18.5. The number of amides is 2. The minimum atomic E-state index is -0.0873. The summed E-state index contributed by atoms with van der Waals surface area (Å²) in [6, 6.07) is 0. The Hall–Kier alpha value is -1.97. The monoisotopic (exact) mass is 354 g/mol. The first-order chi connectivity index (χ1) is 12.6. The van der Waals surface area contributed by atoms with Crippen molar-refractivity contribution in [1.29, 1.82) is 0 Å². The molecule has 1 N–H and O–H groups in total. The van der Waals surface area contributed by atoms with Crippen molar-refractivity contribution in [2.45, 2.75) is 65.2 Å². The van der Waals surface area contributed by atoms with Gasteiger partial charge in [-0.05, 0) is 50.2 Å². The molecule has 4 heteroatoms. The standard InChI is InChI=1S/C22H30N2O2/c1-3-5-6-15-7-9-17(10-8-15)22(26)23-18-11-12-19-16(4-2)13-21(25)24-20(19)14-18/h11-15,17,19H,3-10H2,1-2H3,(H,24,25). The first-order valence-electron chi connectivity index (χ1n) is 10.1. The molecule has 3 rings (SSSR count). The summed E-state index contributed by atoms with van der Waals surface area (Å²) in [6.07, 6.45) is 16.4. The van der Waals surface area contributed by atoms with Gasteiger partial charge >= 0.3 is 0 Å². The molecule has 0 aromatic carbocycles. The summed E-state index contributed by atoms with van der Waals surface area (Å²) < 4.78 is 0. The highest BCUT2D eigenvalue weighted by Crippen LogP contribution is 2.33. The molecular weight excluding hydrogens is 324 g/mol. The minimum Gasteiger partial charge on any atom is -0.325 e. The fourth-order valence-electron chi connectivity index (χ4n) is 4.27. The number of aliphatic imine (C=N–C) groups is 1. The van der Waals surface area contributed by atoms with E-state index in [9.17, 15) is 9.59 Å². The number of allylic oxidation sites excluding steroid dienone is 3. The number of hydrogen-bond acceptors (Lipinski definition) is 2. The highest BCUT2D eigenvalue weighted by molar-refractivity contribution is 6.11. The summed E-state index contributed by atoms with van der Waals surface area (Å²) in [6.45, 7) is 4.29. The third-order valence-electron chi connectivity index (χ3n) is 5.89. The fraction of sp³-hybridized carbons (Fsp3) is 0.591. The van der Waals surface area contributed by atoms with Gasteiger partial charge in [0.2, 0.25) is 11.8 Å². The smallest absolute Gasteiger partial charge is 0.249 e. The quantitative estimate of drug-likeness (QED) is 0.791. The van der Waals surface area contributed by atoms with Gasteiger partial charge in [-0.3, -0.25) is 9.59 Å². The second-order valence-corrected chi connectivity index (χ2v) is 7.73. The minimum absolute atomic E-state index is 0.00212. The Morgan fingerprint density at radius 3 is 2.65 bits per heavy atom. The highest BCUT2D eigenvalue weighted by Gasteiger charge is 2.28. The molecule has 26 heavy (non-hydrogen) atoms. The maximum Gasteiger partial charge on any atom is 0.249 e. The topological polar surface area (TPSA) is 58.5 Å². The van der Waals surface area contributed by atoms with E-state index < -0.39 is 0 Å². The Labute approximate surface area is 156 Å². The van der Waals surface area contributed by atoms with Gasteiger partial charge in [0.1, 0.15) is 0 Å². The summed E-state index contributed by atoms with van der Waals surface area (Å²) in [7, 11) is 0. The predicted molar refractivity (Wildman–Crippen MR) is 105 cm³/mol. The van der Waals surface area contributed by atoms with Crippen LogP contribution in [0.25, 0.3) is 0 Å². The number of rotatable bonds is 5. The van der Waals surface area contributed by atoms with Crippen molar-refractivity contribution >= 4 is 17.5 Å². The summed E-state index contributed by atoms with van der Waals surface area (Å²) in [5.41, 5.74) is 2.60. The van der Waals surface area contributed by atoms with Crippen molar-refractivity contribution in [2.75, 3.05) is 0 Å². The molecule has 140 valence electrons. The van der Waals surface area contributed by atoms with Crippen LogP contribution in [0.1, 0.15) is 65.2 Å². The predicted octanol–water partition coefficient (Wildman–Crippen LogP) is 4.49. The van der Waals surface area contributed by atoms with Crippen molar-refractivity contribution in [3.8, 4) is 0 Å². The molecule has 1 unspecified atom stereocenters. The Morgan fingerprint density at radius 2 is 1.96 bits per heavy atom. The molecule has 0 radical (unpaired) electrons. The SMILES string of the molecule is CCCCC1CCC(C(=O)N=C2C=CC3C(CC)=CC(=O)NC3=C2)CC1. The normalized spacial score (nSPS) is 29.7. The number of carbonyl (C=O) groups excluding carboxylic acids is 2. The largest absolute Gasteiger partial charge is 0.325 e. The number of hydrogen-bond donors (Lipinski definition) is 1. The van der Waals surface area contributed by atoms with Gasteiger partial charge in [0.25, 0.3) is 0 Å². The molecular formula is C22H30N2O2. The summed E-state index contributed by atoms with van der Waals surface area (Å²) in [4.78, 5) is 28.8. The maximum atomic E-state index is 12.6. The summed E-state index contributed by atoms with van der Waals surface area (Å²) in [5, 5.41) is 2.89. The zero-order valence-electron chi connectivity index (χ0n) is 16.0. The highest BCUT2D eigenvalue weighted by atomic mass is 16.2. The van der Waals surface area contributed by atoms with E-state index >= 15 is 0 Å². The van der Waals surface area contributed by atoms with Crippen molar-refractivity contribution in [1.82, 2.24) is 5.32 Å². The molecule has 1 aliphatic heterocycles. The number of carbonyl (C=O) groups is 2. The lowest BCUT2D eigenvalue weighted by Gasteiger charge is -2.28. The Morgan fingerprint density at radius 1 is 1.19 bits per heavy atom. The van der Waals surface area contributed by atoms with Gasteiger partial charge in [0.05, 0.1) is 5.71 Å². The van der Waals surface area contributed by atoms with Gasteiger partial charge in [-0.15, -0.1) is 0 Å². The van der Waals surface area contributed by atoms with E-state index in [1.807, 2.05) is 18.2 Å². The van der Waals surface area contributed by atoms with Gasteiger partial charge in [-0.2, -0.15) is 0 Å². The van der Waals surface area contributed by atoms with Crippen molar-refractivity contribution in [3.63, 3.8) is 0 Å². The summed E-state index contributed by atoms with van der Waals surface area (Å²) in [5.74, 6) is 0.886. The van der Waals surface area contributed by atoms with Crippen LogP contribution in [0, 0.1) is 17.8 Å². The van der Waals surface area contributed by atoms with E-state index in [0.29, 0.717) is 5.71 Å².